The van der Waals surface area contributed by atoms with Gasteiger partial charge in [0.05, 0.1) is 18.5 Å². The van der Waals surface area contributed by atoms with Crippen LogP contribution in [-0.2, 0) is 0 Å². The normalized spacial score (nSPS) is 14.8. The average molecular weight is 358 g/mol. The summed E-state index contributed by atoms with van der Waals surface area (Å²) in [4.78, 5) is 7.21. The zero-order valence-corrected chi connectivity index (χ0v) is 16.1. The van der Waals surface area contributed by atoms with Crippen LogP contribution < -0.4 is 9.64 Å². The molecule has 3 aromatic rings. The highest BCUT2D eigenvalue weighted by atomic mass is 16.5. The fourth-order valence-electron chi connectivity index (χ4n) is 3.80. The van der Waals surface area contributed by atoms with Gasteiger partial charge in [0.2, 0.25) is 0 Å². The third kappa shape index (κ3) is 3.82. The summed E-state index contributed by atoms with van der Waals surface area (Å²) < 4.78 is 5.41. The average Bonchev–Trinajstić information content (AvgIpc) is 2.73. The smallest absolute Gasteiger partial charge is 0.119 e. The van der Waals surface area contributed by atoms with Gasteiger partial charge in [0.15, 0.2) is 0 Å². The van der Waals surface area contributed by atoms with Crippen molar-refractivity contribution in [1.29, 1.82) is 0 Å². The van der Waals surface area contributed by atoms with Crippen LogP contribution in [0.15, 0.2) is 48.7 Å². The molecule has 138 valence electrons. The number of anilines is 1. The molecule has 0 bridgehead atoms. The van der Waals surface area contributed by atoms with E-state index in [1.165, 1.54) is 46.8 Å². The molecule has 27 heavy (non-hydrogen) atoms. The number of hydrogen-bond acceptors (Lipinski definition) is 3. The number of benzene rings is 2. The van der Waals surface area contributed by atoms with Crippen molar-refractivity contribution < 1.29 is 4.74 Å². The molecule has 2 heterocycles. The van der Waals surface area contributed by atoms with E-state index in [0.29, 0.717) is 0 Å². The summed E-state index contributed by atoms with van der Waals surface area (Å²) >= 11 is 0. The van der Waals surface area contributed by atoms with E-state index in [-0.39, 0.29) is 0 Å². The Labute approximate surface area is 161 Å². The van der Waals surface area contributed by atoms with Crippen LogP contribution in [0.3, 0.4) is 0 Å². The minimum absolute atomic E-state index is 0.880. The summed E-state index contributed by atoms with van der Waals surface area (Å²) in [5.41, 5.74) is 4.69. The van der Waals surface area contributed by atoms with Gasteiger partial charge in [-0.2, -0.15) is 0 Å². The van der Waals surface area contributed by atoms with Gasteiger partial charge in [-0.15, -0.1) is 0 Å². The third-order valence-electron chi connectivity index (χ3n) is 5.27. The highest BCUT2D eigenvalue weighted by Gasteiger charge is 2.14. The van der Waals surface area contributed by atoms with Gasteiger partial charge in [0.25, 0.3) is 0 Å². The number of nitrogens with zero attached hydrogens (tertiary/aromatic N) is 2. The van der Waals surface area contributed by atoms with Gasteiger partial charge < -0.3 is 9.64 Å². The minimum Gasteiger partial charge on any atom is -0.497 e. The van der Waals surface area contributed by atoms with Crippen molar-refractivity contribution in [3.05, 3.63) is 65.5 Å². The first-order valence-corrected chi connectivity index (χ1v) is 9.71. The van der Waals surface area contributed by atoms with Crippen LogP contribution >= 0.6 is 0 Å². The largest absolute Gasteiger partial charge is 0.497 e. The van der Waals surface area contributed by atoms with Crippen molar-refractivity contribution in [2.75, 3.05) is 25.1 Å². The Morgan fingerprint density at radius 1 is 1.00 bits per heavy atom. The molecule has 0 spiro atoms. The Bertz CT molecular complexity index is 971. The number of piperidine rings is 1. The monoisotopic (exact) mass is 358 g/mol. The summed E-state index contributed by atoms with van der Waals surface area (Å²) in [6.07, 6.45) is 10.1. The van der Waals surface area contributed by atoms with Crippen LogP contribution in [0, 0.1) is 6.92 Å². The number of ether oxygens (including phenoxy) is 1. The highest BCUT2D eigenvalue weighted by Crippen LogP contribution is 2.28. The van der Waals surface area contributed by atoms with Gasteiger partial charge in [-0.3, -0.25) is 4.98 Å². The van der Waals surface area contributed by atoms with E-state index in [2.05, 4.69) is 60.4 Å². The molecule has 0 unspecified atom stereocenters. The third-order valence-corrected chi connectivity index (χ3v) is 5.27. The first kappa shape index (κ1) is 17.6. The van der Waals surface area contributed by atoms with Crippen molar-refractivity contribution >= 4 is 28.6 Å². The molecule has 2 aromatic carbocycles. The predicted octanol–water partition coefficient (Wildman–Crippen LogP) is 5.71. The number of aromatic nitrogens is 1. The number of pyridine rings is 1. The predicted molar refractivity (Wildman–Crippen MR) is 114 cm³/mol. The zero-order valence-electron chi connectivity index (χ0n) is 16.1. The Morgan fingerprint density at radius 3 is 2.67 bits per heavy atom. The van der Waals surface area contributed by atoms with Crippen LogP contribution in [0.4, 0.5) is 5.69 Å². The van der Waals surface area contributed by atoms with E-state index < -0.39 is 0 Å². The van der Waals surface area contributed by atoms with Gasteiger partial charge in [-0.1, -0.05) is 30.3 Å². The fraction of sp³-hybridized carbons (Fsp3) is 0.292. The maximum atomic E-state index is 5.41. The van der Waals surface area contributed by atoms with E-state index in [0.717, 1.165) is 24.5 Å². The number of fused-ring (bicyclic) bond motifs is 1. The Morgan fingerprint density at radius 2 is 1.85 bits per heavy atom. The first-order chi connectivity index (χ1) is 13.2. The lowest BCUT2D eigenvalue weighted by Crippen LogP contribution is -2.30. The van der Waals surface area contributed by atoms with E-state index in [1.54, 1.807) is 7.11 Å². The fourth-order valence-corrected chi connectivity index (χ4v) is 3.80. The van der Waals surface area contributed by atoms with Crippen LogP contribution in [0.1, 0.15) is 36.1 Å². The van der Waals surface area contributed by atoms with E-state index >= 15 is 0 Å². The van der Waals surface area contributed by atoms with Crippen molar-refractivity contribution in [2.45, 2.75) is 26.2 Å². The van der Waals surface area contributed by atoms with Crippen molar-refractivity contribution in [1.82, 2.24) is 4.98 Å². The van der Waals surface area contributed by atoms with Crippen LogP contribution in [0.2, 0.25) is 0 Å². The van der Waals surface area contributed by atoms with Gasteiger partial charge in [-0.25, -0.2) is 0 Å². The summed E-state index contributed by atoms with van der Waals surface area (Å²) in [7, 11) is 1.71. The molecule has 1 aromatic heterocycles. The standard InChI is InChI=1S/C24H26N2O/c1-18-15-24(26-13-4-3-5-14-26)23(25-17-18)12-10-20-8-6-7-19-9-11-21(27-2)16-22(19)20/h6-12,15-17H,3-5,13-14H2,1-2H3. The van der Waals surface area contributed by atoms with E-state index in [9.17, 15) is 0 Å². The molecule has 1 saturated heterocycles. The Hall–Kier alpha value is -2.81. The molecule has 1 aliphatic heterocycles. The summed E-state index contributed by atoms with van der Waals surface area (Å²) in [6.45, 7) is 4.36. The van der Waals surface area contributed by atoms with Crippen molar-refractivity contribution in [3.63, 3.8) is 0 Å². The van der Waals surface area contributed by atoms with Crippen LogP contribution in [0.25, 0.3) is 22.9 Å². The molecule has 0 N–H and O–H groups in total. The molecule has 1 fully saturated rings. The lowest BCUT2D eigenvalue weighted by molar-refractivity contribution is 0.415. The van der Waals surface area contributed by atoms with Gasteiger partial charge >= 0.3 is 0 Å². The number of aryl methyl sites for hydroxylation is 1. The second kappa shape index (κ2) is 7.83. The van der Waals surface area contributed by atoms with Gasteiger partial charge in [-0.05, 0) is 72.4 Å². The van der Waals surface area contributed by atoms with Gasteiger partial charge in [0, 0.05) is 19.3 Å². The zero-order chi connectivity index (χ0) is 18.6. The summed E-state index contributed by atoms with van der Waals surface area (Å²) in [6, 6.07) is 14.9. The molecule has 0 atom stereocenters. The lowest BCUT2D eigenvalue weighted by atomic mass is 10.0. The molecule has 3 heteroatoms. The summed E-state index contributed by atoms with van der Waals surface area (Å²) in [5.74, 6) is 0.880. The number of methoxy groups -OCH3 is 1. The lowest BCUT2D eigenvalue weighted by Gasteiger charge is -2.30. The Balaban J connectivity index is 1.72. The van der Waals surface area contributed by atoms with Crippen molar-refractivity contribution in [3.8, 4) is 5.75 Å². The second-order valence-electron chi connectivity index (χ2n) is 7.23. The maximum absolute atomic E-state index is 5.41. The molecule has 0 aliphatic carbocycles. The molecule has 3 nitrogen and oxygen atoms in total. The molecular formula is C24H26N2O. The first-order valence-electron chi connectivity index (χ1n) is 9.71. The Kier molecular flexibility index (Phi) is 5.10. The summed E-state index contributed by atoms with van der Waals surface area (Å²) in [5, 5.41) is 2.41. The van der Waals surface area contributed by atoms with Crippen LogP contribution in [0.5, 0.6) is 5.75 Å². The molecule has 0 saturated carbocycles. The SMILES string of the molecule is COc1ccc2cccc(C=Cc3ncc(C)cc3N3CCCCC3)c2c1. The van der Waals surface area contributed by atoms with Crippen LogP contribution in [-0.4, -0.2) is 25.2 Å². The molecule has 4 rings (SSSR count). The van der Waals surface area contributed by atoms with Crippen molar-refractivity contribution in [2.24, 2.45) is 0 Å². The minimum atomic E-state index is 0.880. The number of rotatable bonds is 4. The molecule has 0 radical (unpaired) electrons. The van der Waals surface area contributed by atoms with E-state index in [4.69, 9.17) is 9.72 Å². The second-order valence-corrected chi connectivity index (χ2v) is 7.23. The quantitative estimate of drug-likeness (QED) is 0.597. The molecule has 0 amide bonds. The molecule has 1 aliphatic rings. The van der Waals surface area contributed by atoms with Gasteiger partial charge in [0.1, 0.15) is 5.75 Å². The molecular weight excluding hydrogens is 332 g/mol. The van der Waals surface area contributed by atoms with E-state index in [1.807, 2.05) is 12.3 Å². The highest BCUT2D eigenvalue weighted by molar-refractivity contribution is 5.94. The number of hydrogen-bond donors (Lipinski definition) is 0. The topological polar surface area (TPSA) is 25.4 Å². The maximum Gasteiger partial charge on any atom is 0.119 e.